The van der Waals surface area contributed by atoms with Crippen LogP contribution in [-0.4, -0.2) is 42.9 Å². The van der Waals surface area contributed by atoms with Crippen LogP contribution in [0.5, 0.6) is 0 Å². The molecule has 0 bridgehead atoms. The van der Waals surface area contributed by atoms with Gasteiger partial charge in [0.1, 0.15) is 0 Å². The summed E-state index contributed by atoms with van der Waals surface area (Å²) in [5.41, 5.74) is -0.940. The molecule has 2 amide bonds. The monoisotopic (exact) mass is 288 g/mol. The van der Waals surface area contributed by atoms with Crippen LogP contribution in [0.15, 0.2) is 0 Å². The molecule has 0 heterocycles. The first kappa shape index (κ1) is 18.7. The van der Waals surface area contributed by atoms with Gasteiger partial charge in [-0.3, -0.25) is 4.79 Å². The van der Waals surface area contributed by atoms with Crippen molar-refractivity contribution in [3.8, 4) is 0 Å². The second kappa shape index (κ2) is 8.79. The average molecular weight is 288 g/mol. The third-order valence-corrected chi connectivity index (χ3v) is 3.56. The van der Waals surface area contributed by atoms with E-state index in [9.17, 15) is 9.59 Å². The Hall–Kier alpha value is -1.30. The van der Waals surface area contributed by atoms with Crippen molar-refractivity contribution in [2.45, 2.75) is 47.1 Å². The fourth-order valence-corrected chi connectivity index (χ4v) is 1.49. The molecule has 2 unspecified atom stereocenters. The summed E-state index contributed by atoms with van der Waals surface area (Å²) in [6, 6.07) is -0.447. The Morgan fingerprint density at radius 3 is 2.30 bits per heavy atom. The molecule has 118 valence electrons. The SMILES string of the molecule is CCOCC(NC(=O)NCC(C)(CC)C(=O)O)C(C)C. The average Bonchev–Trinajstić information content (AvgIpc) is 2.40. The molecule has 0 aliphatic heterocycles. The lowest BCUT2D eigenvalue weighted by Crippen LogP contribution is -2.50. The summed E-state index contributed by atoms with van der Waals surface area (Å²) in [4.78, 5) is 23.0. The molecule has 0 radical (unpaired) electrons. The molecule has 0 aliphatic rings. The molecule has 3 N–H and O–H groups in total. The van der Waals surface area contributed by atoms with Crippen molar-refractivity contribution in [2.24, 2.45) is 11.3 Å². The predicted molar refractivity (Wildman–Crippen MR) is 77.7 cm³/mol. The quantitative estimate of drug-likeness (QED) is 0.604. The van der Waals surface area contributed by atoms with E-state index in [0.717, 1.165) is 0 Å². The highest BCUT2D eigenvalue weighted by Gasteiger charge is 2.31. The Morgan fingerprint density at radius 2 is 1.90 bits per heavy atom. The lowest BCUT2D eigenvalue weighted by atomic mass is 9.88. The highest BCUT2D eigenvalue weighted by Crippen LogP contribution is 2.19. The normalized spacial score (nSPS) is 15.5. The molecule has 6 heteroatoms. The third kappa shape index (κ3) is 6.23. The maximum atomic E-state index is 11.8. The predicted octanol–water partition coefficient (Wildman–Crippen LogP) is 1.85. The van der Waals surface area contributed by atoms with Gasteiger partial charge in [-0.05, 0) is 26.2 Å². The summed E-state index contributed by atoms with van der Waals surface area (Å²) in [6.45, 7) is 10.5. The summed E-state index contributed by atoms with van der Waals surface area (Å²) < 4.78 is 5.33. The summed E-state index contributed by atoms with van der Waals surface area (Å²) in [5, 5.41) is 14.6. The van der Waals surface area contributed by atoms with Crippen molar-refractivity contribution in [2.75, 3.05) is 19.8 Å². The number of rotatable bonds is 9. The summed E-state index contributed by atoms with van der Waals surface area (Å²) >= 11 is 0. The fourth-order valence-electron chi connectivity index (χ4n) is 1.49. The van der Waals surface area contributed by atoms with Crippen LogP contribution in [0.3, 0.4) is 0 Å². The van der Waals surface area contributed by atoms with Crippen LogP contribution in [0.4, 0.5) is 4.79 Å². The number of ether oxygens (including phenoxy) is 1. The number of nitrogens with one attached hydrogen (secondary N) is 2. The minimum Gasteiger partial charge on any atom is -0.481 e. The molecule has 20 heavy (non-hydrogen) atoms. The summed E-state index contributed by atoms with van der Waals surface area (Å²) in [5.74, 6) is -0.667. The maximum Gasteiger partial charge on any atom is 0.315 e. The Kier molecular flexibility index (Phi) is 8.22. The van der Waals surface area contributed by atoms with Gasteiger partial charge in [0.2, 0.25) is 0 Å². The molecule has 0 rings (SSSR count). The van der Waals surface area contributed by atoms with Gasteiger partial charge >= 0.3 is 12.0 Å². The van der Waals surface area contributed by atoms with Crippen molar-refractivity contribution in [1.29, 1.82) is 0 Å². The molecule has 0 aromatic carbocycles. The number of carboxylic acid groups (broad SMARTS) is 1. The Morgan fingerprint density at radius 1 is 1.30 bits per heavy atom. The Balaban J connectivity index is 4.36. The van der Waals surface area contributed by atoms with Crippen LogP contribution in [-0.2, 0) is 9.53 Å². The van der Waals surface area contributed by atoms with Gasteiger partial charge in [0.15, 0.2) is 0 Å². The van der Waals surface area contributed by atoms with Gasteiger partial charge in [0, 0.05) is 13.2 Å². The Bertz CT molecular complexity index is 320. The minimum atomic E-state index is -0.940. The van der Waals surface area contributed by atoms with Crippen LogP contribution in [0.1, 0.15) is 41.0 Å². The number of hydrogen-bond donors (Lipinski definition) is 3. The first-order chi connectivity index (χ1) is 9.26. The maximum absolute atomic E-state index is 11.8. The first-order valence-corrected chi connectivity index (χ1v) is 7.12. The van der Waals surface area contributed by atoms with Crippen molar-refractivity contribution in [1.82, 2.24) is 10.6 Å². The van der Waals surface area contributed by atoms with Gasteiger partial charge in [0.25, 0.3) is 0 Å². The zero-order valence-corrected chi connectivity index (χ0v) is 13.2. The second-order valence-electron chi connectivity index (χ2n) is 5.56. The van der Waals surface area contributed by atoms with Crippen LogP contribution in [0, 0.1) is 11.3 Å². The van der Waals surface area contributed by atoms with Gasteiger partial charge < -0.3 is 20.5 Å². The van der Waals surface area contributed by atoms with Gasteiger partial charge in [-0.15, -0.1) is 0 Å². The van der Waals surface area contributed by atoms with Gasteiger partial charge in [-0.25, -0.2) is 4.79 Å². The highest BCUT2D eigenvalue weighted by atomic mass is 16.5. The first-order valence-electron chi connectivity index (χ1n) is 7.12. The smallest absolute Gasteiger partial charge is 0.315 e. The number of aliphatic carboxylic acids is 1. The lowest BCUT2D eigenvalue weighted by Gasteiger charge is -2.26. The van der Waals surface area contributed by atoms with Crippen molar-refractivity contribution in [3.63, 3.8) is 0 Å². The second-order valence-corrected chi connectivity index (χ2v) is 5.56. The number of amides is 2. The zero-order valence-electron chi connectivity index (χ0n) is 13.2. The van der Waals surface area contributed by atoms with Crippen LogP contribution >= 0.6 is 0 Å². The molecule has 0 fully saturated rings. The number of hydrogen-bond acceptors (Lipinski definition) is 3. The standard InChI is InChI=1S/C14H28N2O4/c1-6-14(5,12(17)18)9-15-13(19)16-11(10(3)4)8-20-7-2/h10-11H,6-9H2,1-5H3,(H,17,18)(H2,15,16,19). The van der Waals surface area contributed by atoms with E-state index in [-0.39, 0.29) is 24.5 Å². The lowest BCUT2D eigenvalue weighted by molar-refractivity contribution is -0.147. The number of carboxylic acids is 1. The molecular weight excluding hydrogens is 260 g/mol. The van der Waals surface area contributed by atoms with Crippen LogP contribution in [0.2, 0.25) is 0 Å². The van der Waals surface area contributed by atoms with E-state index < -0.39 is 11.4 Å². The summed E-state index contributed by atoms with van der Waals surface area (Å²) in [7, 11) is 0. The van der Waals surface area contributed by atoms with E-state index in [1.807, 2.05) is 20.8 Å². The van der Waals surface area contributed by atoms with Gasteiger partial charge in [0.05, 0.1) is 18.1 Å². The van der Waals surface area contributed by atoms with Gasteiger partial charge in [-0.1, -0.05) is 20.8 Å². The molecule has 2 atom stereocenters. The highest BCUT2D eigenvalue weighted by molar-refractivity contribution is 5.77. The molecular formula is C14H28N2O4. The van der Waals surface area contributed by atoms with Crippen molar-refractivity contribution >= 4 is 12.0 Å². The largest absolute Gasteiger partial charge is 0.481 e. The molecule has 0 saturated heterocycles. The summed E-state index contributed by atoms with van der Waals surface area (Å²) in [6.07, 6.45) is 0.454. The van der Waals surface area contributed by atoms with Crippen molar-refractivity contribution in [3.05, 3.63) is 0 Å². The van der Waals surface area contributed by atoms with E-state index in [1.165, 1.54) is 0 Å². The number of carbonyl (C=O) groups is 2. The van der Waals surface area contributed by atoms with Crippen LogP contribution < -0.4 is 10.6 Å². The van der Waals surface area contributed by atoms with E-state index >= 15 is 0 Å². The zero-order chi connectivity index (χ0) is 15.8. The van der Waals surface area contributed by atoms with Gasteiger partial charge in [-0.2, -0.15) is 0 Å². The number of urea groups is 1. The van der Waals surface area contributed by atoms with E-state index in [0.29, 0.717) is 19.6 Å². The Labute approximate surface area is 121 Å². The molecule has 0 spiro atoms. The minimum absolute atomic E-state index is 0.0901. The fraction of sp³-hybridized carbons (Fsp3) is 0.857. The molecule has 0 aromatic rings. The molecule has 0 aliphatic carbocycles. The molecule has 0 aromatic heterocycles. The van der Waals surface area contributed by atoms with Crippen LogP contribution in [0.25, 0.3) is 0 Å². The topological polar surface area (TPSA) is 87.7 Å². The third-order valence-electron chi connectivity index (χ3n) is 3.56. The van der Waals surface area contributed by atoms with E-state index in [4.69, 9.17) is 9.84 Å². The molecule has 0 saturated carbocycles. The van der Waals surface area contributed by atoms with E-state index in [2.05, 4.69) is 10.6 Å². The van der Waals surface area contributed by atoms with Crippen molar-refractivity contribution < 1.29 is 19.4 Å². The molecule has 6 nitrogen and oxygen atoms in total. The number of carbonyl (C=O) groups excluding carboxylic acids is 1. The van der Waals surface area contributed by atoms with E-state index in [1.54, 1.807) is 13.8 Å².